The maximum Gasteiger partial charge on any atom is 0.529 e. The summed E-state index contributed by atoms with van der Waals surface area (Å²) in [5, 5.41) is 9.87. The largest absolute Gasteiger partial charge is 0.544 e. The van der Waals surface area contributed by atoms with Crippen LogP contribution in [-0.2, 0) is 19.0 Å². The van der Waals surface area contributed by atoms with Crippen molar-refractivity contribution in [3.8, 4) is 0 Å². The predicted octanol–water partition coefficient (Wildman–Crippen LogP) is 2.65. The molecule has 1 unspecified atom stereocenters. The highest BCUT2D eigenvalue weighted by Crippen LogP contribution is 2.47. The van der Waals surface area contributed by atoms with Gasteiger partial charge in [0.1, 0.15) is 5.97 Å². The first-order chi connectivity index (χ1) is 10.6. The number of hydrogen-bond donors (Lipinski definition) is 1. The summed E-state index contributed by atoms with van der Waals surface area (Å²) < 4.78 is 163. The molecule has 26 heavy (non-hydrogen) atoms. The number of ether oxygens (including phenoxy) is 3. The Morgan fingerprint density at radius 1 is 0.654 bits per heavy atom. The zero-order valence-electron chi connectivity index (χ0n) is 11.5. The molecule has 0 bridgehead atoms. The van der Waals surface area contributed by atoms with Crippen molar-refractivity contribution in [3.05, 3.63) is 0 Å². The lowest BCUT2D eigenvalue weighted by Crippen LogP contribution is -2.63. The topological polar surface area (TPSA) is 104 Å². The fourth-order valence-corrected chi connectivity index (χ4v) is 0.815. The first kappa shape index (κ1) is 26.6. The van der Waals surface area contributed by atoms with Crippen LogP contribution in [0, 0.1) is 0 Å². The van der Waals surface area contributed by atoms with Crippen molar-refractivity contribution in [3.63, 3.8) is 0 Å². The third-order valence-corrected chi connectivity index (χ3v) is 1.72. The summed E-state index contributed by atoms with van der Waals surface area (Å²) in [5.74, 6) is -10.9. The maximum atomic E-state index is 12.9. The van der Waals surface area contributed by atoms with Crippen molar-refractivity contribution in [2.75, 3.05) is 0 Å². The van der Waals surface area contributed by atoms with E-state index < -0.39 is 42.9 Å². The van der Waals surface area contributed by atoms with Crippen LogP contribution in [-0.4, -0.2) is 42.9 Å². The van der Waals surface area contributed by atoms with Gasteiger partial charge in [0.25, 0.3) is 0 Å². The number of carbonyl (C=O) groups excluding carboxylic acids is 1. The smallest absolute Gasteiger partial charge is 0.529 e. The molecule has 0 aliphatic heterocycles. The van der Waals surface area contributed by atoms with Gasteiger partial charge in [0.15, 0.2) is 0 Å². The summed E-state index contributed by atoms with van der Waals surface area (Å²) in [6, 6.07) is 0. The van der Waals surface area contributed by atoms with E-state index in [1.54, 1.807) is 9.47 Å². The van der Waals surface area contributed by atoms with Crippen molar-refractivity contribution in [2.24, 2.45) is 0 Å². The molecule has 0 rings (SSSR count). The van der Waals surface area contributed by atoms with Crippen LogP contribution in [0.4, 0.5) is 57.1 Å². The zero-order valence-corrected chi connectivity index (χ0v) is 11.5. The molecule has 0 heterocycles. The van der Waals surface area contributed by atoms with Crippen LogP contribution < -0.4 is 11.3 Å². The number of alkyl halides is 13. The van der Waals surface area contributed by atoms with Gasteiger partial charge in [-0.1, -0.05) is 0 Å². The average molecular weight is 429 g/mol. The number of carboxylic acid groups (broad SMARTS) is 1. The molecule has 0 fully saturated rings. The van der Waals surface area contributed by atoms with Crippen LogP contribution in [0.1, 0.15) is 0 Å². The number of aliphatic carboxylic acids is 1. The summed E-state index contributed by atoms with van der Waals surface area (Å²) in [6.45, 7) is 0. The first-order valence-corrected chi connectivity index (χ1v) is 4.84. The Balaban J connectivity index is 0. The molecule has 1 atom stereocenters. The van der Waals surface area contributed by atoms with Crippen molar-refractivity contribution in [1.82, 2.24) is 6.15 Å². The molecular weight excluding hydrogens is 425 g/mol. The van der Waals surface area contributed by atoms with Gasteiger partial charge in [0.2, 0.25) is 0 Å². The Morgan fingerprint density at radius 3 is 1.27 bits per heavy atom. The van der Waals surface area contributed by atoms with E-state index in [-0.39, 0.29) is 6.15 Å². The van der Waals surface area contributed by atoms with Crippen molar-refractivity contribution < 1.29 is 81.2 Å². The third kappa shape index (κ3) is 6.29. The highest BCUT2D eigenvalue weighted by atomic mass is 19.4. The van der Waals surface area contributed by atoms with Gasteiger partial charge in [0, 0.05) is 0 Å². The zero-order chi connectivity index (χ0) is 20.7. The highest BCUT2D eigenvalue weighted by Gasteiger charge is 2.73. The molecule has 0 aromatic rings. The van der Waals surface area contributed by atoms with Gasteiger partial charge in [-0.05, 0) is 0 Å². The second-order valence-electron chi connectivity index (χ2n) is 3.63. The van der Waals surface area contributed by atoms with Gasteiger partial charge in [-0.25, -0.2) is 4.74 Å². The molecule has 0 spiro atoms. The molecule has 0 amide bonds. The van der Waals surface area contributed by atoms with Crippen LogP contribution >= 0.6 is 0 Å². The summed E-state index contributed by atoms with van der Waals surface area (Å²) in [6.07, 6.45) is -34.4. The fourth-order valence-electron chi connectivity index (χ4n) is 0.815. The standard InChI is InChI=1S/C7HF13O5.H3N/c8-2(1(21)22,3(9,10)11)23-4(12,13)5(14,15)24-7(19,20)25-6(16,17)18;/h(H,21,22);1H3. The van der Waals surface area contributed by atoms with E-state index in [9.17, 15) is 67.0 Å². The molecule has 6 nitrogen and oxygen atoms in total. The van der Waals surface area contributed by atoms with Crippen molar-refractivity contribution in [1.29, 1.82) is 0 Å². The average Bonchev–Trinajstić information content (AvgIpc) is 2.20. The molecule has 0 aliphatic rings. The van der Waals surface area contributed by atoms with Gasteiger partial charge in [-0.2, -0.15) is 39.9 Å². The van der Waals surface area contributed by atoms with E-state index in [0.29, 0.717) is 0 Å². The minimum absolute atomic E-state index is 0. The second kappa shape index (κ2) is 7.19. The minimum Gasteiger partial charge on any atom is -0.544 e. The Hall–Kier alpha value is -1.60. The normalized spacial score (nSPS) is 16.7. The van der Waals surface area contributed by atoms with Crippen LogP contribution in [0.5, 0.6) is 0 Å². The molecule has 0 aromatic heterocycles. The third-order valence-electron chi connectivity index (χ3n) is 1.72. The van der Waals surface area contributed by atoms with Crippen molar-refractivity contribution >= 4 is 5.97 Å². The van der Waals surface area contributed by atoms with E-state index in [1.807, 2.05) is 0 Å². The maximum absolute atomic E-state index is 12.9. The van der Waals surface area contributed by atoms with Crippen LogP contribution in [0.25, 0.3) is 0 Å². The molecule has 0 radical (unpaired) electrons. The van der Waals surface area contributed by atoms with E-state index in [4.69, 9.17) is 0 Å². The highest BCUT2D eigenvalue weighted by molar-refractivity contribution is 5.74. The van der Waals surface area contributed by atoms with Gasteiger partial charge in [-0.15, -0.1) is 22.0 Å². The van der Waals surface area contributed by atoms with E-state index in [2.05, 4.69) is 0 Å². The monoisotopic (exact) mass is 429 g/mol. The molecule has 0 saturated heterocycles. The lowest BCUT2D eigenvalue weighted by molar-refractivity contribution is -0.575. The number of hydrogen-bond acceptors (Lipinski definition) is 5. The molecule has 4 N–H and O–H groups in total. The number of halogens is 13. The van der Waals surface area contributed by atoms with Crippen LogP contribution in [0.15, 0.2) is 0 Å². The van der Waals surface area contributed by atoms with Crippen LogP contribution in [0.3, 0.4) is 0 Å². The predicted molar refractivity (Wildman–Crippen MR) is 45.0 cm³/mol. The van der Waals surface area contributed by atoms with Gasteiger partial charge in [-0.3, -0.25) is 4.74 Å². The SMILES string of the molecule is O=C([O-])C(F)(OC(F)(F)C(F)(F)OC(F)(F)OC(F)(F)F)C(F)(F)F.[NH4+]. The van der Waals surface area contributed by atoms with E-state index >= 15 is 0 Å². The first-order valence-electron chi connectivity index (χ1n) is 4.84. The number of rotatable bonds is 7. The lowest BCUT2D eigenvalue weighted by atomic mass is 10.3. The van der Waals surface area contributed by atoms with Crippen LogP contribution in [0.2, 0.25) is 0 Å². The van der Waals surface area contributed by atoms with E-state index in [1.165, 1.54) is 4.74 Å². The molecule has 0 aliphatic carbocycles. The Kier molecular flexibility index (Phi) is 7.37. The quantitative estimate of drug-likeness (QED) is 0.495. The molecule has 19 heteroatoms. The summed E-state index contributed by atoms with van der Waals surface area (Å²) in [5.41, 5.74) is 0. The minimum atomic E-state index is -7.20. The summed E-state index contributed by atoms with van der Waals surface area (Å²) >= 11 is 0. The molecule has 158 valence electrons. The lowest BCUT2D eigenvalue weighted by Gasteiger charge is -2.35. The summed E-state index contributed by atoms with van der Waals surface area (Å²) in [7, 11) is 0. The number of carboxylic acids is 1. The van der Waals surface area contributed by atoms with E-state index in [0.717, 1.165) is 0 Å². The van der Waals surface area contributed by atoms with Gasteiger partial charge >= 0.3 is 36.9 Å². The van der Waals surface area contributed by atoms with Gasteiger partial charge in [0.05, 0.1) is 0 Å². The fraction of sp³-hybridized carbons (Fsp3) is 0.857. The summed E-state index contributed by atoms with van der Waals surface area (Å²) in [4.78, 5) is 9.87. The number of carbonyl (C=O) groups is 1. The molecular formula is C7H4F13NO5. The number of quaternary nitrogens is 1. The Bertz CT molecular complexity index is 502. The second-order valence-corrected chi connectivity index (χ2v) is 3.63. The molecule has 0 saturated carbocycles. The molecule has 0 aromatic carbocycles. The Labute approximate surface area is 132 Å². The van der Waals surface area contributed by atoms with Gasteiger partial charge < -0.3 is 16.1 Å². The van der Waals surface area contributed by atoms with Crippen molar-refractivity contribution in [2.45, 2.75) is 36.9 Å². The Morgan fingerprint density at radius 2 is 1.00 bits per heavy atom.